The minimum Gasteiger partial charge on any atom is -0.344 e. The van der Waals surface area contributed by atoms with Gasteiger partial charge in [0.2, 0.25) is 7.59 Å². The Kier molecular flexibility index (Phi) is 5.78. The summed E-state index contributed by atoms with van der Waals surface area (Å²) in [6.45, 7) is 0. The van der Waals surface area contributed by atoms with Crippen LogP contribution < -0.4 is 6.15 Å². The lowest BCUT2D eigenvalue weighted by Gasteiger charge is -2.19. The van der Waals surface area contributed by atoms with Gasteiger partial charge in [-0.05, 0) is 0 Å². The van der Waals surface area contributed by atoms with Crippen molar-refractivity contribution in [3.05, 3.63) is 0 Å². The van der Waals surface area contributed by atoms with Gasteiger partial charge in [-0.1, -0.05) is 69.6 Å². The summed E-state index contributed by atoms with van der Waals surface area (Å²) < 4.78 is -3.70. The Morgan fingerprint density at radius 3 is 0.667 bits per heavy atom. The fourth-order valence-electron chi connectivity index (χ4n) is 0. The van der Waals surface area contributed by atoms with Gasteiger partial charge in [0.05, 0.1) is 0 Å². The zero-order valence-corrected chi connectivity index (χ0v) is 8.51. The second-order valence-electron chi connectivity index (χ2n) is 0.996. The van der Waals surface area contributed by atoms with Gasteiger partial charge in [-0.15, -0.1) is 0 Å². The van der Waals surface area contributed by atoms with Crippen LogP contribution in [0.3, 0.4) is 0 Å². The van der Waals surface area contributed by atoms with E-state index in [-0.39, 0.29) is 6.15 Å². The zero-order chi connectivity index (χ0) is 7.00. The van der Waals surface area contributed by atoms with Crippen molar-refractivity contribution in [2.45, 2.75) is 7.59 Å². The molecule has 0 aliphatic rings. The van der Waals surface area contributed by atoms with Crippen molar-refractivity contribution in [1.82, 2.24) is 6.15 Å². The molecular weight excluding hydrogens is 251 g/mol. The first-order valence-corrected chi connectivity index (χ1v) is 3.65. The van der Waals surface area contributed by atoms with Crippen LogP contribution in [0.1, 0.15) is 0 Å². The average Bonchev–Trinajstić information content (AvgIpc) is 1.25. The molecule has 0 aliphatic heterocycles. The molecule has 0 aromatic heterocycles. The first-order chi connectivity index (χ1) is 3.25. The maximum absolute atomic E-state index is 5.14. The van der Waals surface area contributed by atoms with Gasteiger partial charge in [0.25, 0.3) is 0 Å². The first kappa shape index (κ1) is 13.3. The Labute approximate surface area is 83.1 Å². The highest BCUT2D eigenvalue weighted by Crippen LogP contribution is 2.48. The fourth-order valence-corrected chi connectivity index (χ4v) is 0. The van der Waals surface area contributed by atoms with Crippen LogP contribution in [0, 0.1) is 0 Å². The van der Waals surface area contributed by atoms with E-state index in [1.54, 1.807) is 0 Å². The lowest BCUT2D eigenvalue weighted by molar-refractivity contribution is 1.10. The Hall–Kier alpha value is 1.70. The van der Waals surface area contributed by atoms with Crippen LogP contribution in [0.15, 0.2) is 0 Å². The van der Waals surface area contributed by atoms with Gasteiger partial charge in [-0.25, -0.2) is 0 Å². The number of rotatable bonds is 0. The lowest BCUT2D eigenvalue weighted by atomic mass is 10.9. The van der Waals surface area contributed by atoms with E-state index in [9.17, 15) is 0 Å². The smallest absolute Gasteiger partial charge is 0.236 e. The third kappa shape index (κ3) is 5.02. The van der Waals surface area contributed by atoms with E-state index >= 15 is 0 Å². The summed E-state index contributed by atoms with van der Waals surface area (Å²) in [6, 6.07) is 0. The topological polar surface area (TPSA) is 35.0 Å². The minimum absolute atomic E-state index is 0. The van der Waals surface area contributed by atoms with Crippen LogP contribution in [0.4, 0.5) is 0 Å². The lowest BCUT2D eigenvalue weighted by Crippen LogP contribution is -2.23. The average molecular weight is 254 g/mol. The van der Waals surface area contributed by atoms with E-state index < -0.39 is 7.59 Å². The quantitative estimate of drug-likeness (QED) is 0.653. The summed E-state index contributed by atoms with van der Waals surface area (Å²) in [4.78, 5) is 0. The van der Waals surface area contributed by atoms with Gasteiger partial charge in [0.1, 0.15) is 0 Å². The van der Waals surface area contributed by atoms with E-state index in [4.69, 9.17) is 69.6 Å². The SMILES string of the molecule is ClC(Cl)(Cl)C(Cl)(Cl)Cl.N. The van der Waals surface area contributed by atoms with Gasteiger partial charge >= 0.3 is 0 Å². The number of halogens is 6. The summed E-state index contributed by atoms with van der Waals surface area (Å²) in [7, 11) is 0. The Morgan fingerprint density at radius 2 is 0.667 bits per heavy atom. The molecule has 0 unspecified atom stereocenters. The molecule has 0 bridgehead atoms. The Morgan fingerprint density at radius 1 is 0.556 bits per heavy atom. The largest absolute Gasteiger partial charge is 0.344 e. The summed E-state index contributed by atoms with van der Waals surface area (Å²) in [5.41, 5.74) is 0. The molecule has 0 saturated carbocycles. The van der Waals surface area contributed by atoms with Crippen LogP contribution in [0.2, 0.25) is 0 Å². The highest BCUT2D eigenvalue weighted by Gasteiger charge is 2.43. The van der Waals surface area contributed by atoms with E-state index in [1.807, 2.05) is 0 Å². The molecule has 0 fully saturated rings. The zero-order valence-electron chi connectivity index (χ0n) is 3.97. The highest BCUT2D eigenvalue weighted by molar-refractivity contribution is 6.83. The van der Waals surface area contributed by atoms with Crippen LogP contribution in [0.5, 0.6) is 0 Å². The van der Waals surface area contributed by atoms with Crippen molar-refractivity contribution < 1.29 is 0 Å². The van der Waals surface area contributed by atoms with Crippen molar-refractivity contribution in [2.24, 2.45) is 0 Å². The number of hydrogen-bond donors (Lipinski definition) is 1. The second-order valence-corrected chi connectivity index (χ2v) is 5.56. The molecule has 0 saturated heterocycles. The summed E-state index contributed by atoms with van der Waals surface area (Å²) in [5, 5.41) is 0. The maximum atomic E-state index is 5.14. The van der Waals surface area contributed by atoms with Crippen LogP contribution >= 0.6 is 69.6 Å². The van der Waals surface area contributed by atoms with Crippen LogP contribution in [-0.2, 0) is 0 Å². The molecule has 0 aromatic rings. The van der Waals surface area contributed by atoms with Crippen LogP contribution in [0.25, 0.3) is 0 Å². The maximum Gasteiger partial charge on any atom is 0.236 e. The Balaban J connectivity index is 0. The highest BCUT2D eigenvalue weighted by atomic mass is 35.6. The second kappa shape index (κ2) is 3.91. The molecule has 3 N–H and O–H groups in total. The summed E-state index contributed by atoms with van der Waals surface area (Å²) in [6.07, 6.45) is 0. The van der Waals surface area contributed by atoms with E-state index in [0.29, 0.717) is 0 Å². The molecule has 0 amide bonds. The number of alkyl halides is 6. The molecule has 0 rings (SSSR count). The van der Waals surface area contributed by atoms with Gasteiger partial charge in [0.15, 0.2) is 0 Å². The van der Waals surface area contributed by atoms with E-state index in [1.165, 1.54) is 0 Å². The molecule has 0 radical (unpaired) electrons. The van der Waals surface area contributed by atoms with Gasteiger partial charge < -0.3 is 6.15 Å². The molecule has 0 heterocycles. The molecule has 0 atom stereocenters. The molecule has 7 heteroatoms. The van der Waals surface area contributed by atoms with Crippen molar-refractivity contribution in [3.8, 4) is 0 Å². The Bertz CT molecular complexity index is 66.0. The monoisotopic (exact) mass is 251 g/mol. The van der Waals surface area contributed by atoms with Crippen molar-refractivity contribution in [1.29, 1.82) is 0 Å². The van der Waals surface area contributed by atoms with Gasteiger partial charge in [-0.3, -0.25) is 0 Å². The fraction of sp³-hybridized carbons (Fsp3) is 1.00. The third-order valence-electron chi connectivity index (χ3n) is 0.321. The molecule has 0 spiro atoms. The standard InChI is InChI=1S/C2Cl6.H3N/c3-1(4,5)2(6,7)8;/h;1H3. The first-order valence-electron chi connectivity index (χ1n) is 1.38. The normalized spacial score (nSPS) is 12.7. The number of hydrogen-bond acceptors (Lipinski definition) is 1. The minimum atomic E-state index is -1.85. The molecule has 58 valence electrons. The molecule has 9 heavy (non-hydrogen) atoms. The predicted octanol–water partition coefficient (Wildman–Crippen LogP) is 3.89. The third-order valence-corrected chi connectivity index (χ3v) is 2.89. The molecular formula is C2H3Cl6N. The summed E-state index contributed by atoms with van der Waals surface area (Å²) >= 11 is 30.9. The van der Waals surface area contributed by atoms with E-state index in [0.717, 1.165) is 0 Å². The van der Waals surface area contributed by atoms with Crippen molar-refractivity contribution in [2.75, 3.05) is 0 Å². The van der Waals surface area contributed by atoms with E-state index in [2.05, 4.69) is 0 Å². The summed E-state index contributed by atoms with van der Waals surface area (Å²) in [5.74, 6) is 0. The van der Waals surface area contributed by atoms with Gasteiger partial charge in [0, 0.05) is 0 Å². The van der Waals surface area contributed by atoms with Crippen molar-refractivity contribution in [3.63, 3.8) is 0 Å². The van der Waals surface area contributed by atoms with Gasteiger partial charge in [-0.2, -0.15) is 0 Å². The molecule has 1 nitrogen and oxygen atoms in total. The molecule has 0 aromatic carbocycles. The van der Waals surface area contributed by atoms with Crippen molar-refractivity contribution >= 4 is 69.6 Å². The van der Waals surface area contributed by atoms with Crippen LogP contribution in [-0.4, -0.2) is 7.59 Å². The molecule has 0 aliphatic carbocycles. The predicted molar refractivity (Wildman–Crippen MR) is 45.6 cm³/mol.